The zero-order valence-electron chi connectivity index (χ0n) is 6.03. The molecule has 0 aliphatic rings. The van der Waals surface area contributed by atoms with E-state index >= 15 is 0 Å². The molecular weight excluding hydrogens is 146 g/mol. The lowest BCUT2D eigenvalue weighted by atomic mass is 10.2. The summed E-state index contributed by atoms with van der Waals surface area (Å²) in [6.45, 7) is 1.74. The zero-order valence-corrected chi connectivity index (χ0v) is 6.03. The topological polar surface area (TPSA) is 78.0 Å². The Morgan fingerprint density at radius 3 is 3.09 bits per heavy atom. The molecule has 0 fully saturated rings. The highest BCUT2D eigenvalue weighted by Gasteiger charge is 2.07. The van der Waals surface area contributed by atoms with Gasteiger partial charge in [0.05, 0.1) is 11.7 Å². The number of hydrogen-bond donors (Lipinski definition) is 3. The molecule has 1 aromatic heterocycles. The van der Waals surface area contributed by atoms with Gasteiger partial charge in [-0.3, -0.25) is 5.10 Å². The van der Waals surface area contributed by atoms with Gasteiger partial charge in [0.1, 0.15) is 0 Å². The number of carboxylic acid groups (broad SMARTS) is 1. The number of hydrogen-bond acceptors (Lipinski definition) is 2. The Labute approximate surface area is 63.4 Å². The molecule has 0 aliphatic heterocycles. The Bertz CT molecular complexity index is 232. The maximum Gasteiger partial charge on any atom is 0.405 e. The van der Waals surface area contributed by atoms with Crippen molar-refractivity contribution in [1.29, 1.82) is 0 Å². The van der Waals surface area contributed by atoms with E-state index in [0.29, 0.717) is 0 Å². The van der Waals surface area contributed by atoms with Crippen LogP contribution in [-0.2, 0) is 0 Å². The van der Waals surface area contributed by atoms with Gasteiger partial charge in [-0.15, -0.1) is 0 Å². The monoisotopic (exact) mass is 155 g/mol. The Morgan fingerprint density at radius 2 is 2.64 bits per heavy atom. The Balaban J connectivity index is 2.56. The van der Waals surface area contributed by atoms with Crippen molar-refractivity contribution in [3.63, 3.8) is 0 Å². The predicted molar refractivity (Wildman–Crippen MR) is 38.2 cm³/mol. The number of amides is 1. The average molecular weight is 155 g/mol. The van der Waals surface area contributed by atoms with E-state index in [9.17, 15) is 4.79 Å². The molecule has 0 aliphatic carbocycles. The van der Waals surface area contributed by atoms with Crippen LogP contribution in [0.3, 0.4) is 0 Å². The van der Waals surface area contributed by atoms with Crippen LogP contribution in [-0.4, -0.2) is 21.4 Å². The highest BCUT2D eigenvalue weighted by Crippen LogP contribution is 2.05. The highest BCUT2D eigenvalue weighted by molar-refractivity contribution is 5.64. The van der Waals surface area contributed by atoms with Crippen molar-refractivity contribution in [2.24, 2.45) is 0 Å². The summed E-state index contributed by atoms with van der Waals surface area (Å²) < 4.78 is 0. The summed E-state index contributed by atoms with van der Waals surface area (Å²) in [6, 6.07) is 1.48. The smallest absolute Gasteiger partial charge is 0.405 e. The van der Waals surface area contributed by atoms with E-state index in [-0.39, 0.29) is 6.04 Å². The maximum atomic E-state index is 10.2. The molecule has 1 amide bonds. The zero-order chi connectivity index (χ0) is 8.27. The van der Waals surface area contributed by atoms with Crippen LogP contribution in [0.4, 0.5) is 4.79 Å². The van der Waals surface area contributed by atoms with Gasteiger partial charge in [-0.2, -0.15) is 5.10 Å². The Hall–Kier alpha value is -1.52. The minimum atomic E-state index is -1.04. The van der Waals surface area contributed by atoms with Crippen LogP contribution in [0, 0.1) is 0 Å². The molecule has 0 spiro atoms. The van der Waals surface area contributed by atoms with E-state index in [4.69, 9.17) is 5.11 Å². The summed E-state index contributed by atoms with van der Waals surface area (Å²) in [5.74, 6) is 0. The lowest BCUT2D eigenvalue weighted by Gasteiger charge is -2.07. The molecule has 11 heavy (non-hydrogen) atoms. The molecule has 0 saturated carbocycles. The van der Waals surface area contributed by atoms with Crippen molar-refractivity contribution < 1.29 is 9.90 Å². The van der Waals surface area contributed by atoms with Crippen LogP contribution < -0.4 is 5.32 Å². The van der Waals surface area contributed by atoms with Gasteiger partial charge in [-0.05, 0) is 13.0 Å². The number of H-pyrrole nitrogens is 1. The second-order valence-corrected chi connectivity index (χ2v) is 2.18. The molecule has 0 saturated heterocycles. The fraction of sp³-hybridized carbons (Fsp3) is 0.333. The molecule has 1 unspecified atom stereocenters. The van der Waals surface area contributed by atoms with Crippen LogP contribution >= 0.6 is 0 Å². The van der Waals surface area contributed by atoms with E-state index in [2.05, 4.69) is 15.5 Å². The van der Waals surface area contributed by atoms with Crippen LogP contribution in [0.25, 0.3) is 0 Å². The third-order valence-electron chi connectivity index (χ3n) is 1.33. The molecule has 0 bridgehead atoms. The maximum absolute atomic E-state index is 10.2. The minimum Gasteiger partial charge on any atom is -0.465 e. The first-order chi connectivity index (χ1) is 5.20. The van der Waals surface area contributed by atoms with E-state index in [1.165, 1.54) is 0 Å². The third-order valence-corrected chi connectivity index (χ3v) is 1.33. The molecule has 1 aromatic rings. The third kappa shape index (κ3) is 1.96. The van der Waals surface area contributed by atoms with Gasteiger partial charge in [0, 0.05) is 6.20 Å². The first kappa shape index (κ1) is 7.59. The van der Waals surface area contributed by atoms with Crippen LogP contribution in [0.15, 0.2) is 12.3 Å². The minimum absolute atomic E-state index is 0.241. The van der Waals surface area contributed by atoms with E-state index < -0.39 is 6.09 Å². The van der Waals surface area contributed by atoms with Crippen LogP contribution in [0.2, 0.25) is 0 Å². The molecule has 5 nitrogen and oxygen atoms in total. The Kier molecular flexibility index (Phi) is 2.10. The van der Waals surface area contributed by atoms with Crippen molar-refractivity contribution in [1.82, 2.24) is 15.5 Å². The van der Waals surface area contributed by atoms with E-state index in [0.717, 1.165) is 5.69 Å². The van der Waals surface area contributed by atoms with Gasteiger partial charge in [-0.25, -0.2) is 4.79 Å². The lowest BCUT2D eigenvalue weighted by molar-refractivity contribution is 0.190. The predicted octanol–water partition coefficient (Wildman–Crippen LogP) is 0.738. The average Bonchev–Trinajstić information content (AvgIpc) is 2.35. The molecule has 1 atom stereocenters. The lowest BCUT2D eigenvalue weighted by Crippen LogP contribution is -2.24. The molecule has 1 rings (SSSR count). The van der Waals surface area contributed by atoms with Crippen molar-refractivity contribution in [3.05, 3.63) is 18.0 Å². The van der Waals surface area contributed by atoms with Gasteiger partial charge in [0.25, 0.3) is 0 Å². The van der Waals surface area contributed by atoms with E-state index in [1.807, 2.05) is 0 Å². The molecule has 0 aromatic carbocycles. The largest absolute Gasteiger partial charge is 0.465 e. The first-order valence-corrected chi connectivity index (χ1v) is 3.19. The molecule has 1 heterocycles. The number of carbonyl (C=O) groups is 1. The number of nitrogens with zero attached hydrogens (tertiary/aromatic N) is 1. The summed E-state index contributed by atoms with van der Waals surface area (Å²) in [4.78, 5) is 10.2. The molecule has 0 radical (unpaired) electrons. The quantitative estimate of drug-likeness (QED) is 0.589. The molecule has 5 heteroatoms. The van der Waals surface area contributed by atoms with Crippen molar-refractivity contribution in [3.8, 4) is 0 Å². The van der Waals surface area contributed by atoms with Crippen LogP contribution in [0.5, 0.6) is 0 Å². The summed E-state index contributed by atoms with van der Waals surface area (Å²) in [5, 5.41) is 17.0. The number of nitrogens with one attached hydrogen (secondary N) is 2. The SMILES string of the molecule is CC(NC(=O)O)c1ccn[nH]1. The second-order valence-electron chi connectivity index (χ2n) is 2.18. The van der Waals surface area contributed by atoms with Crippen molar-refractivity contribution in [2.45, 2.75) is 13.0 Å². The fourth-order valence-corrected chi connectivity index (χ4v) is 0.771. The van der Waals surface area contributed by atoms with Gasteiger partial charge in [0.15, 0.2) is 0 Å². The number of rotatable bonds is 2. The molecule has 3 N–H and O–H groups in total. The van der Waals surface area contributed by atoms with Gasteiger partial charge >= 0.3 is 6.09 Å². The summed E-state index contributed by atoms with van der Waals surface area (Å²) >= 11 is 0. The Morgan fingerprint density at radius 1 is 1.91 bits per heavy atom. The molecular formula is C6H9N3O2. The highest BCUT2D eigenvalue weighted by atomic mass is 16.4. The van der Waals surface area contributed by atoms with Gasteiger partial charge in [-0.1, -0.05) is 0 Å². The first-order valence-electron chi connectivity index (χ1n) is 3.19. The summed E-state index contributed by atoms with van der Waals surface area (Å²) in [6.07, 6.45) is 0.544. The van der Waals surface area contributed by atoms with Gasteiger partial charge < -0.3 is 10.4 Å². The number of aromatic nitrogens is 2. The standard InChI is InChI=1S/C6H9N3O2/c1-4(8-6(10)11)5-2-3-7-9-5/h2-4,8H,1H3,(H,7,9)(H,10,11). The molecule has 60 valence electrons. The van der Waals surface area contributed by atoms with Gasteiger partial charge in [0.2, 0.25) is 0 Å². The van der Waals surface area contributed by atoms with Crippen molar-refractivity contribution >= 4 is 6.09 Å². The summed E-state index contributed by atoms with van der Waals surface area (Å²) in [7, 11) is 0. The fourth-order valence-electron chi connectivity index (χ4n) is 0.771. The van der Waals surface area contributed by atoms with E-state index in [1.54, 1.807) is 19.2 Å². The normalized spacial score (nSPS) is 12.5. The summed E-state index contributed by atoms with van der Waals surface area (Å²) in [5.41, 5.74) is 0.757. The second kappa shape index (κ2) is 3.05. The van der Waals surface area contributed by atoms with Crippen molar-refractivity contribution in [2.75, 3.05) is 0 Å². The number of aromatic amines is 1. The van der Waals surface area contributed by atoms with Crippen LogP contribution in [0.1, 0.15) is 18.7 Å².